The fraction of sp³-hybridized carbons (Fsp3) is 0.571. The number of aromatic amines is 1. The SMILES string of the molecule is CCc1cccc2c([C@@H](CC(=O)NCC(C)C)CC(C)C)c[nH]c12. The number of nitrogens with one attached hydrogen (secondary N) is 2. The molecule has 24 heavy (non-hydrogen) atoms. The minimum absolute atomic E-state index is 0.162. The Labute approximate surface area is 146 Å². The molecule has 2 N–H and O–H groups in total. The maximum absolute atomic E-state index is 12.4. The highest BCUT2D eigenvalue weighted by molar-refractivity contribution is 5.87. The topological polar surface area (TPSA) is 44.9 Å². The summed E-state index contributed by atoms with van der Waals surface area (Å²) < 4.78 is 0. The molecule has 2 aromatic rings. The molecule has 0 spiro atoms. The van der Waals surface area contributed by atoms with Crippen LogP contribution in [-0.4, -0.2) is 17.4 Å². The lowest BCUT2D eigenvalue weighted by Crippen LogP contribution is -2.28. The number of aryl methyl sites for hydroxylation is 1. The van der Waals surface area contributed by atoms with E-state index in [1.807, 2.05) is 0 Å². The van der Waals surface area contributed by atoms with E-state index >= 15 is 0 Å². The normalized spacial score (nSPS) is 13.0. The standard InChI is InChI=1S/C21H32N2O/c1-6-16-8-7-9-18-19(13-23-21(16)18)17(10-14(2)3)11-20(24)22-12-15(4)5/h7-9,13-15,17,23H,6,10-12H2,1-5H3,(H,22,24)/t17-/m1/s1. The van der Waals surface area contributed by atoms with Crippen LogP contribution in [0.2, 0.25) is 0 Å². The largest absolute Gasteiger partial charge is 0.361 e. The number of carbonyl (C=O) groups is 1. The fourth-order valence-corrected chi connectivity index (χ4v) is 3.37. The molecular formula is C21H32N2O. The third kappa shape index (κ3) is 4.62. The van der Waals surface area contributed by atoms with Crippen molar-refractivity contribution in [1.29, 1.82) is 0 Å². The summed E-state index contributed by atoms with van der Waals surface area (Å²) in [6, 6.07) is 6.48. The predicted molar refractivity (Wildman–Crippen MR) is 102 cm³/mol. The number of H-pyrrole nitrogens is 1. The Kier molecular flexibility index (Phi) is 6.47. The van der Waals surface area contributed by atoms with Crippen LogP contribution in [0.5, 0.6) is 0 Å². The number of fused-ring (bicyclic) bond motifs is 1. The average Bonchev–Trinajstić information content (AvgIpc) is 2.95. The lowest BCUT2D eigenvalue weighted by Gasteiger charge is -2.19. The number of hydrogen-bond acceptors (Lipinski definition) is 1. The number of amides is 1. The third-order valence-corrected chi connectivity index (χ3v) is 4.55. The third-order valence-electron chi connectivity index (χ3n) is 4.55. The Morgan fingerprint density at radius 3 is 2.54 bits per heavy atom. The maximum atomic E-state index is 12.4. The van der Waals surface area contributed by atoms with E-state index in [0.717, 1.165) is 19.4 Å². The van der Waals surface area contributed by atoms with Crippen molar-refractivity contribution in [2.45, 2.75) is 59.8 Å². The Balaban J connectivity index is 2.26. The quantitative estimate of drug-likeness (QED) is 0.702. The van der Waals surface area contributed by atoms with E-state index < -0.39 is 0 Å². The summed E-state index contributed by atoms with van der Waals surface area (Å²) in [6.07, 6.45) is 4.72. The van der Waals surface area contributed by atoms with Gasteiger partial charge in [0.05, 0.1) is 0 Å². The lowest BCUT2D eigenvalue weighted by atomic mass is 9.87. The molecule has 0 saturated heterocycles. The van der Waals surface area contributed by atoms with Crippen molar-refractivity contribution in [2.75, 3.05) is 6.54 Å². The second-order valence-corrected chi connectivity index (χ2v) is 7.67. The zero-order valence-electron chi connectivity index (χ0n) is 15.8. The number of para-hydroxylation sites is 1. The molecule has 1 atom stereocenters. The van der Waals surface area contributed by atoms with E-state index in [1.54, 1.807) is 0 Å². The van der Waals surface area contributed by atoms with Crippen LogP contribution in [0.25, 0.3) is 10.9 Å². The highest BCUT2D eigenvalue weighted by atomic mass is 16.1. The van der Waals surface area contributed by atoms with Crippen LogP contribution < -0.4 is 5.32 Å². The molecule has 0 unspecified atom stereocenters. The smallest absolute Gasteiger partial charge is 0.220 e. The van der Waals surface area contributed by atoms with E-state index in [-0.39, 0.29) is 11.8 Å². The van der Waals surface area contributed by atoms with Crippen LogP contribution in [0.4, 0.5) is 0 Å². The van der Waals surface area contributed by atoms with Gasteiger partial charge in [0.2, 0.25) is 5.91 Å². The van der Waals surface area contributed by atoms with Gasteiger partial charge in [-0.1, -0.05) is 52.8 Å². The summed E-state index contributed by atoms with van der Waals surface area (Å²) in [7, 11) is 0. The van der Waals surface area contributed by atoms with Crippen molar-refractivity contribution in [3.63, 3.8) is 0 Å². The Morgan fingerprint density at radius 1 is 1.17 bits per heavy atom. The monoisotopic (exact) mass is 328 g/mol. The van der Waals surface area contributed by atoms with Gasteiger partial charge in [-0.25, -0.2) is 0 Å². The van der Waals surface area contributed by atoms with E-state index in [9.17, 15) is 4.79 Å². The average molecular weight is 328 g/mol. The molecule has 0 aliphatic rings. The van der Waals surface area contributed by atoms with Crippen LogP contribution in [0.1, 0.15) is 64.5 Å². The summed E-state index contributed by atoms with van der Waals surface area (Å²) in [4.78, 5) is 15.8. The highest BCUT2D eigenvalue weighted by Gasteiger charge is 2.21. The molecule has 132 valence electrons. The van der Waals surface area contributed by atoms with Crippen molar-refractivity contribution in [2.24, 2.45) is 11.8 Å². The molecule has 0 fully saturated rings. The van der Waals surface area contributed by atoms with Gasteiger partial charge in [-0.3, -0.25) is 4.79 Å². The molecule has 0 aliphatic heterocycles. The van der Waals surface area contributed by atoms with Gasteiger partial charge in [0.15, 0.2) is 0 Å². The summed E-state index contributed by atoms with van der Waals surface area (Å²) in [5, 5.41) is 4.34. The highest BCUT2D eigenvalue weighted by Crippen LogP contribution is 2.33. The molecule has 1 aromatic carbocycles. The first-order chi connectivity index (χ1) is 11.4. The lowest BCUT2D eigenvalue weighted by molar-refractivity contribution is -0.121. The van der Waals surface area contributed by atoms with Crippen molar-refractivity contribution < 1.29 is 4.79 Å². The summed E-state index contributed by atoms with van der Waals surface area (Å²) in [5.74, 6) is 1.47. The maximum Gasteiger partial charge on any atom is 0.220 e. The van der Waals surface area contributed by atoms with Gasteiger partial charge in [0.25, 0.3) is 0 Å². The van der Waals surface area contributed by atoms with E-state index in [0.29, 0.717) is 18.3 Å². The molecule has 3 heteroatoms. The van der Waals surface area contributed by atoms with E-state index in [2.05, 4.69) is 69.3 Å². The van der Waals surface area contributed by atoms with Crippen molar-refractivity contribution in [3.05, 3.63) is 35.5 Å². The van der Waals surface area contributed by atoms with Crippen LogP contribution >= 0.6 is 0 Å². The predicted octanol–water partition coefficient (Wildman–Crippen LogP) is 5.02. The van der Waals surface area contributed by atoms with Gasteiger partial charge in [0.1, 0.15) is 0 Å². The van der Waals surface area contributed by atoms with E-state index in [1.165, 1.54) is 22.0 Å². The summed E-state index contributed by atoms with van der Waals surface area (Å²) in [5.41, 5.74) is 3.85. The summed E-state index contributed by atoms with van der Waals surface area (Å²) >= 11 is 0. The molecule has 1 amide bonds. The summed E-state index contributed by atoms with van der Waals surface area (Å²) in [6.45, 7) is 11.6. The second-order valence-electron chi connectivity index (χ2n) is 7.67. The molecule has 1 aromatic heterocycles. The number of rotatable bonds is 8. The first-order valence-electron chi connectivity index (χ1n) is 9.27. The van der Waals surface area contributed by atoms with E-state index in [4.69, 9.17) is 0 Å². The Hall–Kier alpha value is -1.77. The van der Waals surface area contributed by atoms with Gasteiger partial charge in [0, 0.05) is 30.1 Å². The number of hydrogen-bond donors (Lipinski definition) is 2. The van der Waals surface area contributed by atoms with Crippen LogP contribution in [0, 0.1) is 11.8 Å². The van der Waals surface area contributed by atoms with Crippen LogP contribution in [0.15, 0.2) is 24.4 Å². The van der Waals surface area contributed by atoms with Gasteiger partial charge >= 0.3 is 0 Å². The second kappa shape index (κ2) is 8.36. The number of aromatic nitrogens is 1. The van der Waals surface area contributed by atoms with Crippen molar-refractivity contribution >= 4 is 16.8 Å². The molecule has 0 saturated carbocycles. The first-order valence-corrected chi connectivity index (χ1v) is 9.27. The molecular weight excluding hydrogens is 296 g/mol. The molecule has 0 aliphatic carbocycles. The Morgan fingerprint density at radius 2 is 1.92 bits per heavy atom. The van der Waals surface area contributed by atoms with Gasteiger partial charge in [-0.2, -0.15) is 0 Å². The minimum Gasteiger partial charge on any atom is -0.361 e. The fourth-order valence-electron chi connectivity index (χ4n) is 3.37. The van der Waals surface area contributed by atoms with Gasteiger partial charge in [-0.15, -0.1) is 0 Å². The molecule has 3 nitrogen and oxygen atoms in total. The number of carbonyl (C=O) groups excluding carboxylic acids is 1. The zero-order valence-corrected chi connectivity index (χ0v) is 15.8. The van der Waals surface area contributed by atoms with Crippen molar-refractivity contribution in [3.8, 4) is 0 Å². The van der Waals surface area contributed by atoms with Crippen LogP contribution in [-0.2, 0) is 11.2 Å². The Bertz CT molecular complexity index is 670. The molecule has 1 heterocycles. The van der Waals surface area contributed by atoms with Gasteiger partial charge in [-0.05, 0) is 41.7 Å². The molecule has 0 radical (unpaired) electrons. The van der Waals surface area contributed by atoms with Crippen LogP contribution in [0.3, 0.4) is 0 Å². The van der Waals surface area contributed by atoms with Gasteiger partial charge < -0.3 is 10.3 Å². The molecule has 0 bridgehead atoms. The number of benzene rings is 1. The zero-order chi connectivity index (χ0) is 17.7. The minimum atomic E-state index is 0.162. The molecule has 2 rings (SSSR count). The first kappa shape index (κ1) is 18.6. The van der Waals surface area contributed by atoms with Crippen molar-refractivity contribution in [1.82, 2.24) is 10.3 Å².